The summed E-state index contributed by atoms with van der Waals surface area (Å²) in [5.74, 6) is -0.641. The molecule has 1 aromatic rings. The monoisotopic (exact) mass is 246 g/mol. The van der Waals surface area contributed by atoms with Crippen molar-refractivity contribution in [3.63, 3.8) is 0 Å². The predicted molar refractivity (Wildman–Crippen MR) is 58.4 cm³/mol. The first-order valence-electron chi connectivity index (χ1n) is 5.03. The zero-order valence-corrected chi connectivity index (χ0v) is 9.89. The van der Waals surface area contributed by atoms with Gasteiger partial charge >= 0.3 is 0 Å². The topological polar surface area (TPSA) is 78.5 Å². The minimum atomic E-state index is -4.13. The molecule has 0 bridgehead atoms. The second-order valence-corrected chi connectivity index (χ2v) is 5.10. The van der Waals surface area contributed by atoms with Crippen molar-refractivity contribution in [3.05, 3.63) is 30.1 Å². The summed E-state index contributed by atoms with van der Waals surface area (Å²) in [7, 11) is -4.13. The molecular weight excluding hydrogens is 230 g/mol. The van der Waals surface area contributed by atoms with E-state index in [9.17, 15) is 13.5 Å². The SMILES string of the molecule is CCc1cccc[n+]1CC(O)CS(=O)(=O)O. The first kappa shape index (κ1) is 13.1. The van der Waals surface area contributed by atoms with Gasteiger partial charge in [-0.3, -0.25) is 4.55 Å². The van der Waals surface area contributed by atoms with Crippen LogP contribution < -0.4 is 4.57 Å². The van der Waals surface area contributed by atoms with Crippen molar-refractivity contribution in [3.8, 4) is 0 Å². The lowest BCUT2D eigenvalue weighted by Gasteiger charge is -2.07. The molecular formula is C10H16NO4S+. The van der Waals surface area contributed by atoms with Crippen molar-refractivity contribution in [1.29, 1.82) is 0 Å². The summed E-state index contributed by atoms with van der Waals surface area (Å²) in [6.07, 6.45) is 1.46. The molecule has 90 valence electrons. The van der Waals surface area contributed by atoms with Gasteiger partial charge in [0.1, 0.15) is 11.9 Å². The average Bonchev–Trinajstić information content (AvgIpc) is 2.15. The van der Waals surface area contributed by atoms with Gasteiger partial charge in [-0.2, -0.15) is 13.0 Å². The Morgan fingerprint density at radius 1 is 1.44 bits per heavy atom. The molecule has 0 aromatic carbocycles. The predicted octanol–water partition coefficient (Wildman–Crippen LogP) is -0.215. The van der Waals surface area contributed by atoms with Crippen LogP contribution in [0.2, 0.25) is 0 Å². The van der Waals surface area contributed by atoms with Crippen LogP contribution in [0.15, 0.2) is 24.4 Å². The smallest absolute Gasteiger partial charge is 0.267 e. The van der Waals surface area contributed by atoms with Crippen LogP contribution in [0.4, 0.5) is 0 Å². The molecule has 0 aliphatic rings. The molecule has 16 heavy (non-hydrogen) atoms. The second-order valence-electron chi connectivity index (χ2n) is 3.60. The van der Waals surface area contributed by atoms with E-state index in [1.165, 1.54) is 0 Å². The molecule has 0 amide bonds. The Bertz CT molecular complexity index is 444. The summed E-state index contributed by atoms with van der Waals surface area (Å²) < 4.78 is 31.5. The third-order valence-corrected chi connectivity index (χ3v) is 3.01. The Morgan fingerprint density at radius 3 is 2.69 bits per heavy atom. The maximum Gasteiger partial charge on any atom is 0.267 e. The lowest BCUT2D eigenvalue weighted by atomic mass is 10.2. The van der Waals surface area contributed by atoms with E-state index < -0.39 is 22.0 Å². The van der Waals surface area contributed by atoms with Crippen LogP contribution in [0.5, 0.6) is 0 Å². The van der Waals surface area contributed by atoms with E-state index in [1.807, 2.05) is 19.1 Å². The highest BCUT2D eigenvalue weighted by molar-refractivity contribution is 7.85. The normalized spacial score (nSPS) is 13.7. The van der Waals surface area contributed by atoms with Crippen LogP contribution in [0.1, 0.15) is 12.6 Å². The molecule has 0 saturated carbocycles. The number of pyridine rings is 1. The molecule has 1 unspecified atom stereocenters. The minimum Gasteiger partial charge on any atom is -0.385 e. The van der Waals surface area contributed by atoms with Crippen LogP contribution in [-0.4, -0.2) is 29.9 Å². The zero-order chi connectivity index (χ0) is 12.2. The number of aliphatic hydroxyl groups is 1. The van der Waals surface area contributed by atoms with Crippen LogP contribution in [0, 0.1) is 0 Å². The second kappa shape index (κ2) is 5.38. The molecule has 1 rings (SSSR count). The summed E-state index contributed by atoms with van der Waals surface area (Å²) in [6, 6.07) is 5.59. The third-order valence-electron chi connectivity index (χ3n) is 2.21. The molecule has 0 spiro atoms. The number of aliphatic hydroxyl groups excluding tert-OH is 1. The lowest BCUT2D eigenvalue weighted by molar-refractivity contribution is -0.709. The highest BCUT2D eigenvalue weighted by Gasteiger charge is 2.19. The molecule has 0 aliphatic carbocycles. The van der Waals surface area contributed by atoms with Crippen molar-refractivity contribution in [2.45, 2.75) is 26.0 Å². The van der Waals surface area contributed by atoms with Gasteiger partial charge in [-0.1, -0.05) is 13.0 Å². The van der Waals surface area contributed by atoms with Crippen molar-refractivity contribution in [1.82, 2.24) is 0 Å². The van der Waals surface area contributed by atoms with Gasteiger partial charge in [-0.05, 0) is 0 Å². The van der Waals surface area contributed by atoms with Crippen LogP contribution in [0.25, 0.3) is 0 Å². The summed E-state index contributed by atoms with van der Waals surface area (Å²) in [4.78, 5) is 0. The van der Waals surface area contributed by atoms with Gasteiger partial charge in [-0.25, -0.2) is 0 Å². The largest absolute Gasteiger partial charge is 0.385 e. The third kappa shape index (κ3) is 4.26. The maximum atomic E-state index is 10.6. The van der Waals surface area contributed by atoms with E-state index in [0.717, 1.165) is 12.1 Å². The van der Waals surface area contributed by atoms with Crippen LogP contribution >= 0.6 is 0 Å². The highest BCUT2D eigenvalue weighted by Crippen LogP contribution is 1.96. The fourth-order valence-corrected chi connectivity index (χ4v) is 2.13. The molecule has 6 heteroatoms. The van der Waals surface area contributed by atoms with E-state index >= 15 is 0 Å². The first-order chi connectivity index (χ1) is 7.42. The highest BCUT2D eigenvalue weighted by atomic mass is 32.2. The zero-order valence-electron chi connectivity index (χ0n) is 9.07. The van der Waals surface area contributed by atoms with Gasteiger partial charge in [0.15, 0.2) is 18.4 Å². The fourth-order valence-electron chi connectivity index (χ4n) is 1.53. The summed E-state index contributed by atoms with van der Waals surface area (Å²) in [5, 5.41) is 9.50. The Hall–Kier alpha value is -0.980. The van der Waals surface area contributed by atoms with Crippen molar-refractivity contribution < 1.29 is 22.6 Å². The fraction of sp³-hybridized carbons (Fsp3) is 0.500. The van der Waals surface area contributed by atoms with Crippen LogP contribution in [0.3, 0.4) is 0 Å². The van der Waals surface area contributed by atoms with E-state index in [-0.39, 0.29) is 6.54 Å². The van der Waals surface area contributed by atoms with E-state index in [4.69, 9.17) is 4.55 Å². The van der Waals surface area contributed by atoms with Gasteiger partial charge < -0.3 is 5.11 Å². The number of aryl methyl sites for hydroxylation is 1. The lowest BCUT2D eigenvalue weighted by Crippen LogP contribution is -2.44. The molecule has 1 aromatic heterocycles. The van der Waals surface area contributed by atoms with Gasteiger partial charge in [0.05, 0.1) is 0 Å². The standard InChI is InChI=1S/C10H15NO4S/c1-2-9-5-3-4-6-11(9)7-10(12)8-16(13,14)15/h3-6,10,12H,2,7-8H2,1H3/p+1. The molecule has 5 nitrogen and oxygen atoms in total. The quantitative estimate of drug-likeness (QED) is 0.556. The Balaban J connectivity index is 2.73. The van der Waals surface area contributed by atoms with Gasteiger partial charge in [0.2, 0.25) is 0 Å². The molecule has 1 atom stereocenters. The Labute approximate surface area is 95.1 Å². The molecule has 0 aliphatic heterocycles. The number of nitrogens with zero attached hydrogens (tertiary/aromatic N) is 1. The van der Waals surface area contributed by atoms with Gasteiger partial charge in [0.25, 0.3) is 10.1 Å². The van der Waals surface area contributed by atoms with Crippen LogP contribution in [-0.2, 0) is 23.1 Å². The number of hydrogen-bond acceptors (Lipinski definition) is 3. The number of aromatic nitrogens is 1. The van der Waals surface area contributed by atoms with E-state index in [1.54, 1.807) is 16.8 Å². The maximum absolute atomic E-state index is 10.6. The molecule has 1 heterocycles. The van der Waals surface area contributed by atoms with Gasteiger partial charge in [-0.15, -0.1) is 0 Å². The summed E-state index contributed by atoms with van der Waals surface area (Å²) in [6.45, 7) is 2.13. The Kier molecular flexibility index (Phi) is 4.40. The molecule has 2 N–H and O–H groups in total. The van der Waals surface area contributed by atoms with Gasteiger partial charge in [0, 0.05) is 18.6 Å². The van der Waals surface area contributed by atoms with E-state index in [0.29, 0.717) is 0 Å². The minimum absolute atomic E-state index is 0.157. The molecule has 0 radical (unpaired) electrons. The summed E-state index contributed by atoms with van der Waals surface area (Å²) in [5.41, 5.74) is 0.997. The summed E-state index contributed by atoms with van der Waals surface area (Å²) >= 11 is 0. The van der Waals surface area contributed by atoms with Crippen molar-refractivity contribution in [2.75, 3.05) is 5.75 Å². The average molecular weight is 246 g/mol. The number of hydrogen-bond donors (Lipinski definition) is 2. The first-order valence-corrected chi connectivity index (χ1v) is 6.64. The van der Waals surface area contributed by atoms with E-state index in [2.05, 4.69) is 0 Å². The number of rotatable bonds is 5. The Morgan fingerprint density at radius 2 is 2.12 bits per heavy atom. The van der Waals surface area contributed by atoms with Crippen molar-refractivity contribution >= 4 is 10.1 Å². The molecule has 0 fully saturated rings. The van der Waals surface area contributed by atoms with Crippen molar-refractivity contribution in [2.24, 2.45) is 0 Å². The molecule has 0 saturated heterocycles.